The van der Waals surface area contributed by atoms with Crippen LogP contribution in [0.25, 0.3) is 5.76 Å². The Hall–Kier alpha value is -3.49. The Labute approximate surface area is 192 Å². The third-order valence-corrected chi connectivity index (χ3v) is 5.82. The first-order chi connectivity index (χ1) is 16.1. The highest BCUT2D eigenvalue weighted by atomic mass is 16.5. The van der Waals surface area contributed by atoms with Gasteiger partial charge in [-0.1, -0.05) is 24.8 Å². The van der Waals surface area contributed by atoms with Crippen LogP contribution < -0.4 is 4.74 Å². The molecule has 0 bridgehead atoms. The molecule has 1 N–H and O–H groups in total. The van der Waals surface area contributed by atoms with Crippen molar-refractivity contribution in [2.45, 2.75) is 6.04 Å². The van der Waals surface area contributed by atoms with Crippen molar-refractivity contribution in [1.82, 2.24) is 14.8 Å². The zero-order valence-corrected chi connectivity index (χ0v) is 18.4. The Balaban J connectivity index is 1.69. The van der Waals surface area contributed by atoms with Crippen LogP contribution in [0.5, 0.6) is 5.75 Å². The van der Waals surface area contributed by atoms with Gasteiger partial charge in [-0.3, -0.25) is 19.5 Å². The van der Waals surface area contributed by atoms with Crippen molar-refractivity contribution in [3.8, 4) is 5.75 Å². The van der Waals surface area contributed by atoms with E-state index in [2.05, 4.69) is 16.5 Å². The molecule has 4 rings (SSSR count). The maximum Gasteiger partial charge on any atom is 0.295 e. The molecule has 2 fully saturated rings. The molecule has 8 nitrogen and oxygen atoms in total. The molecule has 0 aliphatic carbocycles. The molecular weight excluding hydrogens is 422 g/mol. The van der Waals surface area contributed by atoms with Gasteiger partial charge in [-0.25, -0.2) is 0 Å². The molecule has 2 saturated heterocycles. The Bertz CT molecular complexity index is 1030. The summed E-state index contributed by atoms with van der Waals surface area (Å²) in [5, 5.41) is 11.0. The number of aliphatic hydroxyl groups is 1. The molecule has 1 atom stereocenters. The fourth-order valence-electron chi connectivity index (χ4n) is 4.10. The number of pyridine rings is 1. The van der Waals surface area contributed by atoms with E-state index in [4.69, 9.17) is 9.47 Å². The highest BCUT2D eigenvalue weighted by Gasteiger charge is 2.46. The molecule has 0 radical (unpaired) electrons. The number of benzene rings is 1. The number of aliphatic hydroxyl groups excluding tert-OH is 1. The van der Waals surface area contributed by atoms with E-state index in [1.54, 1.807) is 35.2 Å². The first-order valence-electron chi connectivity index (χ1n) is 10.9. The number of hydrogen-bond acceptors (Lipinski definition) is 7. The fourth-order valence-corrected chi connectivity index (χ4v) is 4.10. The van der Waals surface area contributed by atoms with Crippen molar-refractivity contribution in [3.63, 3.8) is 0 Å². The van der Waals surface area contributed by atoms with Crippen LogP contribution in [-0.2, 0) is 14.3 Å². The fraction of sp³-hybridized carbons (Fsp3) is 0.320. The lowest BCUT2D eigenvalue weighted by molar-refractivity contribution is -0.140. The van der Waals surface area contributed by atoms with Crippen LogP contribution >= 0.6 is 0 Å². The normalized spacial score (nSPS) is 20.7. The number of amides is 1. The second-order valence-electron chi connectivity index (χ2n) is 7.85. The van der Waals surface area contributed by atoms with E-state index in [0.717, 1.165) is 18.7 Å². The van der Waals surface area contributed by atoms with Gasteiger partial charge in [-0.05, 0) is 29.8 Å². The van der Waals surface area contributed by atoms with E-state index in [1.165, 1.54) is 12.4 Å². The van der Waals surface area contributed by atoms with E-state index in [1.807, 2.05) is 12.1 Å². The molecule has 172 valence electrons. The zero-order chi connectivity index (χ0) is 23.2. The minimum Gasteiger partial charge on any atom is -0.507 e. The van der Waals surface area contributed by atoms with Gasteiger partial charge in [0.2, 0.25) is 0 Å². The first kappa shape index (κ1) is 22.7. The molecule has 2 aliphatic rings. The summed E-state index contributed by atoms with van der Waals surface area (Å²) >= 11 is 0. The van der Waals surface area contributed by atoms with Gasteiger partial charge in [-0.2, -0.15) is 0 Å². The maximum absolute atomic E-state index is 13.1. The van der Waals surface area contributed by atoms with Gasteiger partial charge in [0.15, 0.2) is 0 Å². The molecule has 1 unspecified atom stereocenters. The third-order valence-electron chi connectivity index (χ3n) is 5.82. The predicted molar refractivity (Wildman–Crippen MR) is 123 cm³/mol. The number of nitrogens with zero attached hydrogens (tertiary/aromatic N) is 3. The number of likely N-dealkylation sites (tertiary alicyclic amines) is 1. The standard InChI is InChI=1S/C25H27N3O5/c1-2-15-33-20-5-3-18(4-6-20)22-21(23(29)19-7-9-26-10-8-19)24(30)25(31)28(22)12-11-27-13-16-32-17-14-27/h2-10,22,29H,1,11-17H2. The average molecular weight is 450 g/mol. The summed E-state index contributed by atoms with van der Waals surface area (Å²) < 4.78 is 11.0. The highest BCUT2D eigenvalue weighted by molar-refractivity contribution is 6.46. The minimum atomic E-state index is -0.701. The second-order valence-corrected chi connectivity index (χ2v) is 7.85. The summed E-state index contributed by atoms with van der Waals surface area (Å²) in [6.07, 6.45) is 4.72. The van der Waals surface area contributed by atoms with Crippen molar-refractivity contribution >= 4 is 17.4 Å². The Kier molecular flexibility index (Phi) is 7.16. The number of hydrogen-bond donors (Lipinski definition) is 1. The zero-order valence-electron chi connectivity index (χ0n) is 18.4. The Morgan fingerprint density at radius 1 is 1.12 bits per heavy atom. The highest BCUT2D eigenvalue weighted by Crippen LogP contribution is 2.39. The number of carbonyl (C=O) groups excluding carboxylic acids is 2. The minimum absolute atomic E-state index is 0.0768. The lowest BCUT2D eigenvalue weighted by Crippen LogP contribution is -2.42. The van der Waals surface area contributed by atoms with Crippen LogP contribution in [0.15, 0.2) is 67.0 Å². The van der Waals surface area contributed by atoms with Crippen molar-refractivity contribution < 1.29 is 24.2 Å². The topological polar surface area (TPSA) is 92.2 Å². The summed E-state index contributed by atoms with van der Waals surface area (Å²) in [6, 6.07) is 9.72. The lowest BCUT2D eigenvalue weighted by atomic mass is 9.95. The number of carbonyl (C=O) groups is 2. The number of morpholine rings is 1. The van der Waals surface area contributed by atoms with Crippen molar-refractivity contribution in [3.05, 3.63) is 78.1 Å². The average Bonchev–Trinajstić information content (AvgIpc) is 3.12. The van der Waals surface area contributed by atoms with Crippen LogP contribution in [0, 0.1) is 0 Å². The molecule has 1 aromatic carbocycles. The quantitative estimate of drug-likeness (QED) is 0.286. The van der Waals surface area contributed by atoms with Crippen LogP contribution in [0.4, 0.5) is 0 Å². The number of Topliss-reactive ketones (excluding diaryl/α,β-unsaturated/α-hetero) is 1. The van der Waals surface area contributed by atoms with Crippen LogP contribution in [-0.4, -0.2) is 77.6 Å². The molecule has 2 aliphatic heterocycles. The third kappa shape index (κ3) is 4.97. The van der Waals surface area contributed by atoms with Gasteiger partial charge in [-0.15, -0.1) is 0 Å². The van der Waals surface area contributed by atoms with Crippen molar-refractivity contribution in [2.75, 3.05) is 46.0 Å². The number of ketones is 1. The smallest absolute Gasteiger partial charge is 0.295 e. The van der Waals surface area contributed by atoms with Gasteiger partial charge in [0.1, 0.15) is 18.1 Å². The predicted octanol–water partition coefficient (Wildman–Crippen LogP) is 2.40. The Morgan fingerprint density at radius 3 is 2.48 bits per heavy atom. The molecule has 3 heterocycles. The molecule has 1 amide bonds. The van der Waals surface area contributed by atoms with E-state index in [9.17, 15) is 14.7 Å². The SMILES string of the molecule is C=CCOc1ccc(C2C(=C(O)c3ccncc3)C(=O)C(=O)N2CCN2CCOCC2)cc1. The summed E-state index contributed by atoms with van der Waals surface area (Å²) in [5.41, 5.74) is 1.23. The molecular formula is C25H27N3O5. The second kappa shape index (κ2) is 10.4. The van der Waals surface area contributed by atoms with Crippen LogP contribution in [0.3, 0.4) is 0 Å². The van der Waals surface area contributed by atoms with Crippen LogP contribution in [0.1, 0.15) is 17.2 Å². The first-order valence-corrected chi connectivity index (χ1v) is 10.9. The Morgan fingerprint density at radius 2 is 1.82 bits per heavy atom. The molecule has 0 saturated carbocycles. The van der Waals surface area contributed by atoms with E-state index < -0.39 is 17.7 Å². The lowest BCUT2D eigenvalue weighted by Gasteiger charge is -2.31. The van der Waals surface area contributed by atoms with E-state index >= 15 is 0 Å². The van der Waals surface area contributed by atoms with Gasteiger partial charge in [0.25, 0.3) is 11.7 Å². The van der Waals surface area contributed by atoms with Crippen LogP contribution in [0.2, 0.25) is 0 Å². The molecule has 8 heteroatoms. The van der Waals surface area contributed by atoms with E-state index in [0.29, 0.717) is 44.2 Å². The molecule has 33 heavy (non-hydrogen) atoms. The number of aromatic nitrogens is 1. The number of ether oxygens (including phenoxy) is 2. The van der Waals surface area contributed by atoms with E-state index in [-0.39, 0.29) is 11.3 Å². The van der Waals surface area contributed by atoms with Crippen molar-refractivity contribution in [1.29, 1.82) is 0 Å². The molecule has 2 aromatic rings. The molecule has 1 aromatic heterocycles. The summed E-state index contributed by atoms with van der Waals surface area (Å²) in [6.45, 7) is 7.85. The van der Waals surface area contributed by atoms with Gasteiger partial charge in [0.05, 0.1) is 24.8 Å². The largest absolute Gasteiger partial charge is 0.507 e. The number of rotatable bonds is 8. The summed E-state index contributed by atoms with van der Waals surface area (Å²) in [5.74, 6) is -0.862. The van der Waals surface area contributed by atoms with Crippen molar-refractivity contribution in [2.24, 2.45) is 0 Å². The maximum atomic E-state index is 13.1. The van der Waals surface area contributed by atoms with Gasteiger partial charge in [0, 0.05) is 44.1 Å². The van der Waals surface area contributed by atoms with Gasteiger partial charge >= 0.3 is 0 Å². The van der Waals surface area contributed by atoms with Gasteiger partial charge < -0.3 is 19.5 Å². The monoisotopic (exact) mass is 449 g/mol. The summed E-state index contributed by atoms with van der Waals surface area (Å²) in [7, 11) is 0. The summed E-state index contributed by atoms with van der Waals surface area (Å²) in [4.78, 5) is 33.8. The molecule has 0 spiro atoms.